The van der Waals surface area contributed by atoms with Gasteiger partial charge < -0.3 is 0 Å². The van der Waals surface area contributed by atoms with Crippen LogP contribution in [0.4, 0.5) is 18.3 Å². The minimum Gasteiger partial charge on any atom is -0.298 e. The van der Waals surface area contributed by atoms with Crippen LogP contribution >= 0.6 is 11.3 Å². The number of para-hydroxylation sites is 1. The smallest absolute Gasteiger partial charge is 0.298 e. The van der Waals surface area contributed by atoms with Crippen molar-refractivity contribution in [1.82, 2.24) is 14.8 Å². The number of anilines is 1. The number of hydrogen-bond donors (Lipinski definition) is 1. The zero-order valence-corrected chi connectivity index (χ0v) is 15.5. The van der Waals surface area contributed by atoms with Gasteiger partial charge in [0, 0.05) is 10.9 Å². The Morgan fingerprint density at radius 1 is 1.00 bits per heavy atom. The van der Waals surface area contributed by atoms with Gasteiger partial charge in [0.2, 0.25) is 0 Å². The monoisotopic (exact) mass is 414 g/mol. The van der Waals surface area contributed by atoms with Crippen LogP contribution in [-0.4, -0.2) is 20.7 Å². The van der Waals surface area contributed by atoms with E-state index in [-0.39, 0.29) is 10.8 Å². The van der Waals surface area contributed by atoms with Crippen molar-refractivity contribution in [3.05, 3.63) is 83.5 Å². The van der Waals surface area contributed by atoms with Gasteiger partial charge in [-0.1, -0.05) is 48.5 Å². The van der Waals surface area contributed by atoms with Crippen LogP contribution in [0.3, 0.4) is 0 Å². The molecule has 0 saturated heterocycles. The average Bonchev–Trinajstić information content (AvgIpc) is 3.36. The van der Waals surface area contributed by atoms with Crippen molar-refractivity contribution in [3.8, 4) is 16.9 Å². The molecule has 4 rings (SSSR count). The lowest BCUT2D eigenvalue weighted by atomic mass is 10.2. The summed E-state index contributed by atoms with van der Waals surface area (Å²) in [4.78, 5) is 16.9. The molecule has 0 unspecified atom stereocenters. The maximum atomic E-state index is 13.7. The van der Waals surface area contributed by atoms with E-state index in [2.05, 4.69) is 15.4 Å². The van der Waals surface area contributed by atoms with Crippen LogP contribution in [-0.2, 0) is 6.18 Å². The van der Waals surface area contributed by atoms with Crippen molar-refractivity contribution < 1.29 is 18.0 Å². The summed E-state index contributed by atoms with van der Waals surface area (Å²) in [7, 11) is 0. The van der Waals surface area contributed by atoms with Gasteiger partial charge in [-0.2, -0.15) is 18.3 Å². The fourth-order valence-electron chi connectivity index (χ4n) is 2.79. The molecule has 1 N–H and O–H groups in total. The molecule has 0 aliphatic rings. The fourth-order valence-corrected chi connectivity index (χ4v) is 3.50. The molecule has 29 heavy (non-hydrogen) atoms. The second-order valence-electron chi connectivity index (χ2n) is 6.01. The van der Waals surface area contributed by atoms with E-state index in [0.29, 0.717) is 10.4 Å². The molecule has 146 valence electrons. The van der Waals surface area contributed by atoms with Gasteiger partial charge in [-0.25, -0.2) is 9.67 Å². The van der Waals surface area contributed by atoms with Gasteiger partial charge in [0.15, 0.2) is 10.8 Å². The Bertz CT molecular complexity index is 1140. The zero-order valence-electron chi connectivity index (χ0n) is 14.7. The second kappa shape index (κ2) is 7.51. The van der Waals surface area contributed by atoms with Gasteiger partial charge in [0.05, 0.1) is 23.1 Å². The largest absolute Gasteiger partial charge is 0.434 e. The van der Waals surface area contributed by atoms with Crippen molar-refractivity contribution in [2.24, 2.45) is 0 Å². The summed E-state index contributed by atoms with van der Waals surface area (Å²) in [5.74, 6) is -0.923. The molecule has 0 fully saturated rings. The van der Waals surface area contributed by atoms with Crippen LogP contribution in [0.1, 0.15) is 16.1 Å². The van der Waals surface area contributed by atoms with E-state index in [1.54, 1.807) is 23.6 Å². The number of carbonyl (C=O) groups excluding carboxylic acids is 1. The number of amides is 1. The molecule has 0 radical (unpaired) electrons. The Kier molecular flexibility index (Phi) is 4.89. The fraction of sp³-hybridized carbons (Fsp3) is 0.0500. The highest BCUT2D eigenvalue weighted by Gasteiger charge is 2.40. The molecule has 2 aromatic carbocycles. The number of rotatable bonds is 4. The number of alkyl halides is 3. The normalized spacial score (nSPS) is 11.4. The van der Waals surface area contributed by atoms with Crippen LogP contribution in [0.5, 0.6) is 0 Å². The number of thiazole rings is 1. The lowest BCUT2D eigenvalue weighted by molar-refractivity contribution is -0.143. The number of hydrogen-bond acceptors (Lipinski definition) is 4. The first-order valence-corrected chi connectivity index (χ1v) is 9.34. The van der Waals surface area contributed by atoms with Crippen LogP contribution < -0.4 is 5.32 Å². The third kappa shape index (κ3) is 3.90. The molecule has 0 saturated carbocycles. The number of benzene rings is 2. The van der Waals surface area contributed by atoms with E-state index < -0.39 is 23.3 Å². The number of carbonyl (C=O) groups is 1. The highest BCUT2D eigenvalue weighted by molar-refractivity contribution is 7.14. The predicted molar refractivity (Wildman–Crippen MR) is 104 cm³/mol. The number of nitrogens with zero attached hydrogens (tertiary/aromatic N) is 3. The molecule has 9 heteroatoms. The molecular formula is C20H13F3N4OS. The first kappa shape index (κ1) is 18.9. The second-order valence-corrected chi connectivity index (χ2v) is 6.87. The lowest BCUT2D eigenvalue weighted by Crippen LogP contribution is -2.20. The quantitative estimate of drug-likeness (QED) is 0.495. The molecule has 2 heterocycles. The molecule has 4 aromatic rings. The van der Waals surface area contributed by atoms with E-state index in [0.717, 1.165) is 23.1 Å². The molecule has 0 aliphatic carbocycles. The molecule has 2 aromatic heterocycles. The number of aromatic nitrogens is 3. The number of halogens is 3. The molecule has 5 nitrogen and oxygen atoms in total. The first-order chi connectivity index (χ1) is 13.9. The molecule has 0 bridgehead atoms. The summed E-state index contributed by atoms with van der Waals surface area (Å²) in [6.07, 6.45) is -3.85. The SMILES string of the molecule is O=C(Nc1nc(-c2ccccc2)cs1)c1cnn(-c2ccccc2)c1C(F)(F)F. The minimum atomic E-state index is -4.77. The Balaban J connectivity index is 1.64. The van der Waals surface area contributed by atoms with Gasteiger partial charge >= 0.3 is 6.18 Å². The van der Waals surface area contributed by atoms with Gasteiger partial charge in [-0.05, 0) is 12.1 Å². The molecule has 0 spiro atoms. The highest BCUT2D eigenvalue weighted by Crippen LogP contribution is 2.34. The van der Waals surface area contributed by atoms with Crippen LogP contribution in [0.15, 0.2) is 72.2 Å². The van der Waals surface area contributed by atoms with Gasteiger partial charge in [0.1, 0.15) is 0 Å². The Labute approximate surface area is 167 Å². The van der Waals surface area contributed by atoms with Crippen molar-refractivity contribution in [2.75, 3.05) is 5.32 Å². The summed E-state index contributed by atoms with van der Waals surface area (Å²) in [6.45, 7) is 0. The van der Waals surface area contributed by atoms with E-state index in [1.165, 1.54) is 12.1 Å². The summed E-state index contributed by atoms with van der Waals surface area (Å²) in [5, 5.41) is 8.16. The predicted octanol–water partition coefficient (Wildman–Crippen LogP) is 5.27. The summed E-state index contributed by atoms with van der Waals surface area (Å²) in [5.41, 5.74) is -0.0302. The summed E-state index contributed by atoms with van der Waals surface area (Å²) >= 11 is 1.13. The average molecular weight is 414 g/mol. The van der Waals surface area contributed by atoms with Crippen molar-refractivity contribution >= 4 is 22.4 Å². The third-order valence-electron chi connectivity index (χ3n) is 4.08. The van der Waals surface area contributed by atoms with Crippen LogP contribution in [0.25, 0.3) is 16.9 Å². The number of nitrogens with one attached hydrogen (secondary N) is 1. The zero-order chi connectivity index (χ0) is 20.4. The Morgan fingerprint density at radius 3 is 2.31 bits per heavy atom. The third-order valence-corrected chi connectivity index (χ3v) is 4.84. The first-order valence-electron chi connectivity index (χ1n) is 8.46. The van der Waals surface area contributed by atoms with Gasteiger partial charge in [-0.15, -0.1) is 11.3 Å². The summed E-state index contributed by atoms with van der Waals surface area (Å²) in [6, 6.07) is 17.1. The topological polar surface area (TPSA) is 59.8 Å². The Hall–Kier alpha value is -3.46. The molecule has 0 atom stereocenters. The van der Waals surface area contributed by atoms with Gasteiger partial charge in [-0.3, -0.25) is 10.1 Å². The molecular weight excluding hydrogens is 401 g/mol. The van der Waals surface area contributed by atoms with E-state index in [9.17, 15) is 18.0 Å². The standard InChI is InChI=1S/C20H13F3N4OS/c21-20(22,23)17-15(11-24-27(17)14-9-5-2-6-10-14)18(28)26-19-25-16(12-29-19)13-7-3-1-4-8-13/h1-12H,(H,25,26,28). The molecule has 1 amide bonds. The van der Waals surface area contributed by atoms with Crippen molar-refractivity contribution in [3.63, 3.8) is 0 Å². The maximum absolute atomic E-state index is 13.7. The lowest BCUT2D eigenvalue weighted by Gasteiger charge is -2.12. The van der Waals surface area contributed by atoms with E-state index in [4.69, 9.17) is 0 Å². The van der Waals surface area contributed by atoms with Crippen molar-refractivity contribution in [1.29, 1.82) is 0 Å². The van der Waals surface area contributed by atoms with Crippen molar-refractivity contribution in [2.45, 2.75) is 6.18 Å². The van der Waals surface area contributed by atoms with Crippen LogP contribution in [0, 0.1) is 0 Å². The van der Waals surface area contributed by atoms with Crippen LogP contribution in [0.2, 0.25) is 0 Å². The van der Waals surface area contributed by atoms with E-state index >= 15 is 0 Å². The maximum Gasteiger partial charge on any atom is 0.434 e. The van der Waals surface area contributed by atoms with Gasteiger partial charge in [0.25, 0.3) is 5.91 Å². The highest BCUT2D eigenvalue weighted by atomic mass is 32.1. The van der Waals surface area contributed by atoms with E-state index in [1.807, 2.05) is 30.3 Å². The minimum absolute atomic E-state index is 0.203. The molecule has 0 aliphatic heterocycles. The summed E-state index contributed by atoms with van der Waals surface area (Å²) < 4.78 is 41.8. The Morgan fingerprint density at radius 2 is 1.66 bits per heavy atom.